The van der Waals surface area contributed by atoms with Crippen molar-refractivity contribution in [3.8, 4) is 0 Å². The molecule has 2 aromatic rings. The number of alkyl halides is 2. The third-order valence-corrected chi connectivity index (χ3v) is 2.39. The molecule has 0 saturated heterocycles. The largest absolute Gasteiger partial charge is 0.335 e. The predicted octanol–water partition coefficient (Wildman–Crippen LogP) is 1.88. The molecule has 7 heteroatoms. The molecule has 14 heavy (non-hydrogen) atoms. The molecule has 0 unspecified atom stereocenters. The van der Waals surface area contributed by atoms with Crippen molar-refractivity contribution in [1.82, 2.24) is 14.8 Å². The first-order valence-electron chi connectivity index (χ1n) is 3.64. The van der Waals surface area contributed by atoms with Crippen LogP contribution in [0, 0.1) is 0 Å². The summed E-state index contributed by atoms with van der Waals surface area (Å²) in [5.74, 6) is 0. The summed E-state index contributed by atoms with van der Waals surface area (Å²) in [7, 11) is 0. The third-order valence-electron chi connectivity index (χ3n) is 1.74. The lowest BCUT2D eigenvalue weighted by Crippen LogP contribution is -2.08. The van der Waals surface area contributed by atoms with Gasteiger partial charge in [0.25, 0.3) is 5.56 Å². The Morgan fingerprint density at radius 3 is 2.93 bits per heavy atom. The number of aromatic nitrogens is 3. The van der Waals surface area contributed by atoms with E-state index in [0.717, 1.165) is 0 Å². The molecule has 2 heterocycles. The lowest BCUT2D eigenvalue weighted by molar-refractivity contribution is 0.0608. The number of aromatic amines is 1. The molecule has 2 aromatic heterocycles. The zero-order valence-electron chi connectivity index (χ0n) is 6.67. The van der Waals surface area contributed by atoms with Gasteiger partial charge < -0.3 is 4.98 Å². The number of fused-ring (bicyclic) bond motifs is 1. The number of halogens is 3. The Bertz CT molecular complexity index is 533. The van der Waals surface area contributed by atoms with Gasteiger partial charge in [-0.2, -0.15) is 18.6 Å². The first-order valence-corrected chi connectivity index (χ1v) is 4.43. The molecular weight excluding hydrogens is 260 g/mol. The number of pyridine rings is 1. The summed E-state index contributed by atoms with van der Waals surface area (Å²) in [5, 5.41) is 3.91. The molecule has 4 nitrogen and oxygen atoms in total. The highest BCUT2D eigenvalue weighted by Crippen LogP contribution is 2.22. The highest BCUT2D eigenvalue weighted by atomic mass is 79.9. The van der Waals surface area contributed by atoms with Crippen LogP contribution < -0.4 is 5.56 Å². The highest BCUT2D eigenvalue weighted by molar-refractivity contribution is 9.10. The lowest BCUT2D eigenvalue weighted by Gasteiger charge is -2.00. The van der Waals surface area contributed by atoms with Crippen LogP contribution in [0.1, 0.15) is 6.55 Å². The maximum atomic E-state index is 12.4. The van der Waals surface area contributed by atoms with Crippen LogP contribution in [-0.4, -0.2) is 14.8 Å². The van der Waals surface area contributed by atoms with Crippen LogP contribution in [-0.2, 0) is 0 Å². The van der Waals surface area contributed by atoms with Crippen molar-refractivity contribution in [2.24, 2.45) is 0 Å². The van der Waals surface area contributed by atoms with E-state index < -0.39 is 12.1 Å². The van der Waals surface area contributed by atoms with Crippen molar-refractivity contribution < 1.29 is 8.78 Å². The number of hydrogen-bond donors (Lipinski definition) is 1. The summed E-state index contributed by atoms with van der Waals surface area (Å²) < 4.78 is 25.6. The molecule has 2 rings (SSSR count). The van der Waals surface area contributed by atoms with Gasteiger partial charge in [0, 0.05) is 10.5 Å². The van der Waals surface area contributed by atoms with E-state index >= 15 is 0 Å². The summed E-state index contributed by atoms with van der Waals surface area (Å²) in [4.78, 5) is 13.3. The molecule has 0 aromatic carbocycles. The van der Waals surface area contributed by atoms with E-state index in [9.17, 15) is 13.6 Å². The second-order valence-corrected chi connectivity index (χ2v) is 3.46. The van der Waals surface area contributed by atoms with Gasteiger partial charge in [0.2, 0.25) is 0 Å². The van der Waals surface area contributed by atoms with Crippen molar-refractivity contribution in [1.29, 1.82) is 0 Å². The van der Waals surface area contributed by atoms with Crippen molar-refractivity contribution in [2.45, 2.75) is 6.55 Å². The summed E-state index contributed by atoms with van der Waals surface area (Å²) in [6.45, 7) is -2.77. The fourth-order valence-corrected chi connectivity index (χ4v) is 1.65. The number of H-pyrrole nitrogens is 1. The SMILES string of the molecule is O=c1cc(Br)c2cnn(C(F)F)c2[nH]1. The van der Waals surface area contributed by atoms with E-state index in [4.69, 9.17) is 0 Å². The molecule has 1 N–H and O–H groups in total. The third kappa shape index (κ3) is 1.33. The molecule has 74 valence electrons. The van der Waals surface area contributed by atoms with Gasteiger partial charge in [-0.15, -0.1) is 0 Å². The second-order valence-electron chi connectivity index (χ2n) is 2.61. The molecular formula is C7H4BrF2N3O. The van der Waals surface area contributed by atoms with Gasteiger partial charge in [0.05, 0.1) is 11.6 Å². The topological polar surface area (TPSA) is 50.7 Å². The lowest BCUT2D eigenvalue weighted by atomic mass is 10.4. The van der Waals surface area contributed by atoms with Gasteiger partial charge in [-0.3, -0.25) is 4.79 Å². The normalized spacial score (nSPS) is 11.4. The minimum Gasteiger partial charge on any atom is -0.307 e. The minimum absolute atomic E-state index is 0.0133. The Morgan fingerprint density at radius 1 is 1.57 bits per heavy atom. The molecule has 0 radical (unpaired) electrons. The Labute approximate surface area is 84.7 Å². The molecule has 0 bridgehead atoms. The maximum absolute atomic E-state index is 12.4. The molecule has 0 amide bonds. The van der Waals surface area contributed by atoms with Crippen molar-refractivity contribution >= 4 is 27.0 Å². The average molecular weight is 264 g/mol. The Hall–Kier alpha value is -1.24. The van der Waals surface area contributed by atoms with Gasteiger partial charge in [-0.25, -0.2) is 0 Å². The van der Waals surface area contributed by atoms with Crippen LogP contribution >= 0.6 is 15.9 Å². The molecule has 0 aliphatic carbocycles. The van der Waals surface area contributed by atoms with E-state index in [-0.39, 0.29) is 5.65 Å². The zero-order chi connectivity index (χ0) is 10.3. The van der Waals surface area contributed by atoms with E-state index in [1.54, 1.807) is 0 Å². The number of nitrogens with zero attached hydrogens (tertiary/aromatic N) is 2. The molecule has 0 aliphatic rings. The van der Waals surface area contributed by atoms with E-state index in [1.165, 1.54) is 12.3 Å². The number of rotatable bonds is 1. The van der Waals surface area contributed by atoms with Crippen LogP contribution in [0.15, 0.2) is 21.5 Å². The summed E-state index contributed by atoms with van der Waals surface area (Å²) in [6, 6.07) is 1.26. The van der Waals surface area contributed by atoms with Crippen molar-refractivity contribution in [2.75, 3.05) is 0 Å². The quantitative estimate of drug-likeness (QED) is 0.854. The number of hydrogen-bond acceptors (Lipinski definition) is 2. The van der Waals surface area contributed by atoms with Crippen LogP contribution in [0.25, 0.3) is 11.0 Å². The van der Waals surface area contributed by atoms with Crippen LogP contribution in [0.2, 0.25) is 0 Å². The summed E-state index contributed by atoms with van der Waals surface area (Å²) in [6.07, 6.45) is 1.27. The van der Waals surface area contributed by atoms with Crippen LogP contribution in [0.5, 0.6) is 0 Å². The van der Waals surface area contributed by atoms with Gasteiger partial charge in [-0.05, 0) is 15.9 Å². The molecule has 0 saturated carbocycles. The Morgan fingerprint density at radius 2 is 2.29 bits per heavy atom. The summed E-state index contributed by atoms with van der Waals surface area (Å²) >= 11 is 3.09. The Balaban J connectivity index is 2.85. The number of nitrogens with one attached hydrogen (secondary N) is 1. The van der Waals surface area contributed by atoms with Crippen molar-refractivity contribution in [3.05, 3.63) is 27.1 Å². The fraction of sp³-hybridized carbons (Fsp3) is 0.143. The van der Waals surface area contributed by atoms with E-state index in [1.807, 2.05) is 0 Å². The van der Waals surface area contributed by atoms with Crippen LogP contribution in [0.3, 0.4) is 0 Å². The van der Waals surface area contributed by atoms with Gasteiger partial charge in [-0.1, -0.05) is 0 Å². The molecule has 0 atom stereocenters. The first-order chi connectivity index (χ1) is 6.59. The highest BCUT2D eigenvalue weighted by Gasteiger charge is 2.13. The van der Waals surface area contributed by atoms with E-state index in [2.05, 4.69) is 26.0 Å². The standard InChI is InChI=1S/C7H4BrF2N3O/c8-4-1-5(14)12-6-3(4)2-11-13(6)7(9)10/h1-2,7H,(H,12,14). The van der Waals surface area contributed by atoms with Crippen LogP contribution in [0.4, 0.5) is 8.78 Å². The fourth-order valence-electron chi connectivity index (χ4n) is 1.16. The van der Waals surface area contributed by atoms with Gasteiger partial charge in [0.1, 0.15) is 5.65 Å². The zero-order valence-corrected chi connectivity index (χ0v) is 8.25. The minimum atomic E-state index is -2.77. The average Bonchev–Trinajstić information content (AvgIpc) is 2.47. The monoisotopic (exact) mass is 263 g/mol. The predicted molar refractivity (Wildman–Crippen MR) is 49.3 cm³/mol. The van der Waals surface area contributed by atoms with Gasteiger partial charge >= 0.3 is 6.55 Å². The maximum Gasteiger partial charge on any atom is 0.335 e. The Kier molecular flexibility index (Phi) is 2.10. The molecule has 0 fully saturated rings. The first kappa shape index (κ1) is 9.32. The van der Waals surface area contributed by atoms with Crippen molar-refractivity contribution in [3.63, 3.8) is 0 Å². The second kappa shape index (κ2) is 3.16. The molecule has 0 spiro atoms. The summed E-state index contributed by atoms with van der Waals surface area (Å²) in [5.41, 5.74) is -0.439. The van der Waals surface area contributed by atoms with Gasteiger partial charge in [0.15, 0.2) is 0 Å². The van der Waals surface area contributed by atoms with E-state index in [0.29, 0.717) is 14.5 Å². The molecule has 0 aliphatic heterocycles. The smallest absolute Gasteiger partial charge is 0.307 e.